The van der Waals surface area contributed by atoms with Crippen molar-refractivity contribution in [3.8, 4) is 11.3 Å². The molecule has 3 aromatic rings. The van der Waals surface area contributed by atoms with E-state index in [4.69, 9.17) is 0 Å². The Hall–Kier alpha value is -2.97. The lowest BCUT2D eigenvalue weighted by Crippen LogP contribution is -2.08. The Kier molecular flexibility index (Phi) is 3.28. The van der Waals surface area contributed by atoms with Crippen LogP contribution in [0.5, 0.6) is 0 Å². The fourth-order valence-corrected chi connectivity index (χ4v) is 2.14. The molecule has 0 spiro atoms. The molecule has 3 aromatic heterocycles. The quantitative estimate of drug-likeness (QED) is 0.785. The molecule has 0 aliphatic heterocycles. The minimum Gasteiger partial charge on any atom is -0.476 e. The van der Waals surface area contributed by atoms with Crippen LogP contribution < -0.4 is 0 Å². The summed E-state index contributed by atoms with van der Waals surface area (Å²) < 4.78 is 39.5. The summed E-state index contributed by atoms with van der Waals surface area (Å²) in [6.45, 7) is 1.66. The number of fused-ring (bicyclic) bond motifs is 1. The summed E-state index contributed by atoms with van der Waals surface area (Å²) in [5.74, 6) is -1.34. The zero-order chi connectivity index (χ0) is 16.8. The molecule has 23 heavy (non-hydrogen) atoms. The minimum atomic E-state index is -4.58. The predicted octanol–water partition coefficient (Wildman–Crippen LogP) is 2.82. The standard InChI is InChI=1S/C14H9F3N4O2/c1-7-2-3-10-19-11(12(13(22)23)21(10)20-7)8-4-9(6-18-5-8)14(15,16)17/h2-6H,1H3,(H,22,23). The summed E-state index contributed by atoms with van der Waals surface area (Å²) >= 11 is 0. The van der Waals surface area contributed by atoms with Crippen LogP contribution in [0, 0.1) is 6.92 Å². The predicted molar refractivity (Wildman–Crippen MR) is 72.9 cm³/mol. The van der Waals surface area contributed by atoms with E-state index in [-0.39, 0.29) is 22.6 Å². The van der Waals surface area contributed by atoms with Crippen molar-refractivity contribution in [2.24, 2.45) is 0 Å². The van der Waals surface area contributed by atoms with E-state index in [0.717, 1.165) is 16.8 Å². The Balaban J connectivity index is 2.28. The average molecular weight is 322 g/mol. The van der Waals surface area contributed by atoms with Crippen molar-refractivity contribution in [2.45, 2.75) is 13.1 Å². The number of rotatable bonds is 2. The number of imidazole rings is 1. The maximum absolute atomic E-state index is 12.8. The van der Waals surface area contributed by atoms with Crippen molar-refractivity contribution in [1.82, 2.24) is 19.6 Å². The largest absolute Gasteiger partial charge is 0.476 e. The van der Waals surface area contributed by atoms with Gasteiger partial charge in [-0.1, -0.05) is 0 Å². The lowest BCUT2D eigenvalue weighted by atomic mass is 10.1. The topological polar surface area (TPSA) is 80.4 Å². The maximum atomic E-state index is 12.8. The minimum absolute atomic E-state index is 0.0413. The highest BCUT2D eigenvalue weighted by atomic mass is 19.4. The molecule has 118 valence electrons. The molecule has 0 aromatic carbocycles. The molecule has 9 heteroatoms. The summed E-state index contributed by atoms with van der Waals surface area (Å²) in [6.07, 6.45) is -2.78. The molecular formula is C14H9F3N4O2. The van der Waals surface area contributed by atoms with Crippen molar-refractivity contribution in [1.29, 1.82) is 0 Å². The third kappa shape index (κ3) is 2.60. The molecule has 0 radical (unpaired) electrons. The smallest absolute Gasteiger partial charge is 0.417 e. The molecule has 1 N–H and O–H groups in total. The zero-order valence-corrected chi connectivity index (χ0v) is 11.7. The summed E-state index contributed by atoms with van der Waals surface area (Å²) in [5.41, 5.74) is -0.682. The van der Waals surface area contributed by atoms with Gasteiger partial charge in [0.25, 0.3) is 0 Å². The van der Waals surface area contributed by atoms with Gasteiger partial charge in [-0.25, -0.2) is 14.3 Å². The Morgan fingerprint density at radius 1 is 1.26 bits per heavy atom. The number of halogens is 3. The van der Waals surface area contributed by atoms with E-state index in [1.165, 1.54) is 0 Å². The van der Waals surface area contributed by atoms with Crippen LogP contribution in [0.3, 0.4) is 0 Å². The van der Waals surface area contributed by atoms with Crippen molar-refractivity contribution >= 4 is 11.6 Å². The third-order valence-electron chi connectivity index (χ3n) is 3.15. The number of carboxylic acid groups (broad SMARTS) is 1. The van der Waals surface area contributed by atoms with Crippen molar-refractivity contribution < 1.29 is 23.1 Å². The number of carboxylic acids is 1. The van der Waals surface area contributed by atoms with E-state index in [9.17, 15) is 23.1 Å². The first-order chi connectivity index (χ1) is 10.8. The van der Waals surface area contributed by atoms with Crippen molar-refractivity contribution in [3.05, 3.63) is 47.5 Å². The van der Waals surface area contributed by atoms with Crippen LogP contribution in [-0.2, 0) is 6.18 Å². The molecule has 0 aliphatic carbocycles. The maximum Gasteiger partial charge on any atom is 0.417 e. The van der Waals surface area contributed by atoms with Gasteiger partial charge in [0.2, 0.25) is 0 Å². The molecule has 0 fully saturated rings. The number of hydrogen-bond acceptors (Lipinski definition) is 4. The van der Waals surface area contributed by atoms with Gasteiger partial charge in [0.1, 0.15) is 5.69 Å². The van der Waals surface area contributed by atoms with Crippen LogP contribution in [0.4, 0.5) is 13.2 Å². The fourth-order valence-electron chi connectivity index (χ4n) is 2.14. The first-order valence-corrected chi connectivity index (χ1v) is 6.39. The number of aryl methyl sites for hydroxylation is 1. The third-order valence-corrected chi connectivity index (χ3v) is 3.15. The lowest BCUT2D eigenvalue weighted by molar-refractivity contribution is -0.137. The number of alkyl halides is 3. The van der Waals surface area contributed by atoms with Gasteiger partial charge in [-0.05, 0) is 25.1 Å². The lowest BCUT2D eigenvalue weighted by Gasteiger charge is -2.07. The normalized spacial score (nSPS) is 11.8. The molecule has 0 saturated heterocycles. The van der Waals surface area contributed by atoms with Gasteiger partial charge >= 0.3 is 12.1 Å². The van der Waals surface area contributed by atoms with Gasteiger partial charge in [-0.2, -0.15) is 18.3 Å². The Bertz CT molecular complexity index is 918. The van der Waals surface area contributed by atoms with Crippen LogP contribution in [-0.4, -0.2) is 30.7 Å². The highest BCUT2D eigenvalue weighted by Crippen LogP contribution is 2.32. The van der Waals surface area contributed by atoms with Crippen molar-refractivity contribution in [3.63, 3.8) is 0 Å². The van der Waals surface area contributed by atoms with Crippen LogP contribution in [0.15, 0.2) is 30.6 Å². The molecule has 6 nitrogen and oxygen atoms in total. The molecule has 3 heterocycles. The van der Waals surface area contributed by atoms with E-state index in [1.807, 2.05) is 0 Å². The van der Waals surface area contributed by atoms with Crippen LogP contribution >= 0.6 is 0 Å². The molecular weight excluding hydrogens is 313 g/mol. The SMILES string of the molecule is Cc1ccc2nc(-c3cncc(C(F)(F)F)c3)c(C(=O)O)n2n1. The fraction of sp³-hybridized carbons (Fsp3) is 0.143. The van der Waals surface area contributed by atoms with E-state index in [2.05, 4.69) is 15.1 Å². The number of aromatic nitrogens is 4. The molecule has 0 aliphatic rings. The monoisotopic (exact) mass is 322 g/mol. The van der Waals surface area contributed by atoms with E-state index in [0.29, 0.717) is 11.9 Å². The van der Waals surface area contributed by atoms with Gasteiger partial charge in [-0.15, -0.1) is 0 Å². The number of carbonyl (C=O) groups is 1. The highest BCUT2D eigenvalue weighted by molar-refractivity contribution is 5.94. The molecule has 0 atom stereocenters. The second kappa shape index (κ2) is 5.04. The van der Waals surface area contributed by atoms with Gasteiger partial charge in [0.15, 0.2) is 11.3 Å². The second-order valence-corrected chi connectivity index (χ2v) is 4.82. The summed E-state index contributed by atoms with van der Waals surface area (Å²) in [6, 6.07) is 3.98. The second-order valence-electron chi connectivity index (χ2n) is 4.82. The van der Waals surface area contributed by atoms with Crippen LogP contribution in [0.2, 0.25) is 0 Å². The zero-order valence-electron chi connectivity index (χ0n) is 11.7. The first kappa shape index (κ1) is 14.9. The number of aromatic carboxylic acids is 1. The molecule has 0 saturated carbocycles. The average Bonchev–Trinajstić information content (AvgIpc) is 2.85. The number of pyridine rings is 1. The molecule has 3 rings (SSSR count). The Morgan fingerprint density at radius 2 is 2.00 bits per heavy atom. The summed E-state index contributed by atoms with van der Waals surface area (Å²) in [7, 11) is 0. The molecule has 0 amide bonds. The summed E-state index contributed by atoms with van der Waals surface area (Å²) in [4.78, 5) is 19.1. The molecule has 0 bridgehead atoms. The van der Waals surface area contributed by atoms with Gasteiger partial charge in [0.05, 0.1) is 11.3 Å². The number of hydrogen-bond donors (Lipinski definition) is 1. The van der Waals surface area contributed by atoms with E-state index in [1.54, 1.807) is 19.1 Å². The number of nitrogens with zero attached hydrogens (tertiary/aromatic N) is 4. The van der Waals surface area contributed by atoms with Gasteiger partial charge in [0, 0.05) is 18.0 Å². The van der Waals surface area contributed by atoms with Gasteiger partial charge < -0.3 is 5.11 Å². The first-order valence-electron chi connectivity index (χ1n) is 6.39. The van der Waals surface area contributed by atoms with E-state index < -0.39 is 17.7 Å². The molecule has 0 unspecified atom stereocenters. The highest BCUT2D eigenvalue weighted by Gasteiger charge is 2.32. The Labute approximate surface area is 127 Å². The van der Waals surface area contributed by atoms with Crippen LogP contribution in [0.1, 0.15) is 21.7 Å². The van der Waals surface area contributed by atoms with Crippen LogP contribution in [0.25, 0.3) is 16.9 Å². The van der Waals surface area contributed by atoms with Gasteiger partial charge in [-0.3, -0.25) is 4.98 Å². The summed E-state index contributed by atoms with van der Waals surface area (Å²) in [5, 5.41) is 13.4. The van der Waals surface area contributed by atoms with E-state index >= 15 is 0 Å². The Morgan fingerprint density at radius 3 is 2.65 bits per heavy atom. The van der Waals surface area contributed by atoms with Crippen molar-refractivity contribution in [2.75, 3.05) is 0 Å².